The molecular weight excluding hydrogens is 442 g/mol. The zero-order valence-electron chi connectivity index (χ0n) is 15.4. The topological polar surface area (TPSA) is 79.5 Å². The molecule has 0 aliphatic carbocycles. The molecule has 8 heteroatoms. The number of carbonyl (C=O) groups excluding carboxylic acids is 2. The molecule has 2 aromatic carbocycles. The Labute approximate surface area is 177 Å². The van der Waals surface area contributed by atoms with E-state index in [9.17, 15) is 9.59 Å². The Hall–Kier alpha value is -2.71. The van der Waals surface area contributed by atoms with Gasteiger partial charge in [-0.1, -0.05) is 45.8 Å². The summed E-state index contributed by atoms with van der Waals surface area (Å²) in [6.07, 6.45) is 3.03. The van der Waals surface area contributed by atoms with E-state index in [4.69, 9.17) is 17.0 Å². The van der Waals surface area contributed by atoms with Crippen LogP contribution in [0.4, 0.5) is 0 Å². The number of rotatable bonds is 5. The van der Waals surface area contributed by atoms with Crippen molar-refractivity contribution in [1.29, 1.82) is 0 Å². The molecule has 0 aliphatic rings. The van der Waals surface area contributed by atoms with Gasteiger partial charge < -0.3 is 4.74 Å². The summed E-state index contributed by atoms with van der Waals surface area (Å²) in [5.74, 6) is -0.237. The average Bonchev–Trinajstić information content (AvgIpc) is 2.65. The van der Waals surface area contributed by atoms with Crippen LogP contribution in [0.1, 0.15) is 16.7 Å². The van der Waals surface area contributed by atoms with E-state index in [2.05, 4.69) is 32.1 Å². The van der Waals surface area contributed by atoms with Gasteiger partial charge in [-0.05, 0) is 61.5 Å². The van der Waals surface area contributed by atoms with Gasteiger partial charge in [-0.2, -0.15) is 0 Å². The van der Waals surface area contributed by atoms with Crippen molar-refractivity contribution in [2.45, 2.75) is 13.8 Å². The summed E-state index contributed by atoms with van der Waals surface area (Å²) in [7, 11) is 0. The summed E-state index contributed by atoms with van der Waals surface area (Å²) in [6.45, 7) is 3.67. The molecule has 0 saturated carbocycles. The summed E-state index contributed by atoms with van der Waals surface area (Å²) < 4.78 is 6.38. The zero-order valence-corrected chi connectivity index (χ0v) is 17.8. The monoisotopic (exact) mass is 461 g/mol. The fraction of sp³-hybridized carbons (Fsp3) is 0.150. The number of ether oxygens (including phenoxy) is 1. The Morgan fingerprint density at radius 1 is 1.11 bits per heavy atom. The SMILES string of the molecule is Cc1ccc(C=CC(=O)NC(=S)NNC(=O)COc2ccc(Br)cc2C)cc1. The van der Waals surface area contributed by atoms with E-state index in [1.54, 1.807) is 12.1 Å². The Morgan fingerprint density at radius 3 is 2.50 bits per heavy atom. The molecule has 2 aromatic rings. The van der Waals surface area contributed by atoms with Gasteiger partial charge in [0.2, 0.25) is 5.91 Å². The molecule has 0 heterocycles. The molecule has 146 valence electrons. The number of carbonyl (C=O) groups is 2. The van der Waals surface area contributed by atoms with Crippen molar-refractivity contribution in [3.63, 3.8) is 0 Å². The molecule has 28 heavy (non-hydrogen) atoms. The molecule has 0 atom stereocenters. The van der Waals surface area contributed by atoms with Gasteiger partial charge in [0.1, 0.15) is 5.75 Å². The van der Waals surface area contributed by atoms with Crippen molar-refractivity contribution >= 4 is 51.2 Å². The number of benzene rings is 2. The van der Waals surface area contributed by atoms with E-state index < -0.39 is 11.8 Å². The molecule has 0 radical (unpaired) electrons. The fourth-order valence-electron chi connectivity index (χ4n) is 2.11. The van der Waals surface area contributed by atoms with Gasteiger partial charge in [0.15, 0.2) is 11.7 Å². The maximum absolute atomic E-state index is 11.8. The summed E-state index contributed by atoms with van der Waals surface area (Å²) >= 11 is 8.34. The van der Waals surface area contributed by atoms with Crippen molar-refractivity contribution in [2.24, 2.45) is 0 Å². The predicted octanol–water partition coefficient (Wildman–Crippen LogP) is 3.18. The van der Waals surface area contributed by atoms with Crippen LogP contribution in [-0.4, -0.2) is 23.5 Å². The summed E-state index contributed by atoms with van der Waals surface area (Å²) in [5, 5.41) is 2.42. The molecule has 0 saturated heterocycles. The molecule has 0 aromatic heterocycles. The first-order valence-electron chi connectivity index (χ1n) is 8.37. The van der Waals surface area contributed by atoms with E-state index in [1.807, 2.05) is 50.2 Å². The second kappa shape index (κ2) is 10.6. The van der Waals surface area contributed by atoms with E-state index in [-0.39, 0.29) is 11.7 Å². The second-order valence-corrected chi connectivity index (χ2v) is 7.26. The zero-order chi connectivity index (χ0) is 20.5. The lowest BCUT2D eigenvalue weighted by Gasteiger charge is -2.11. The van der Waals surface area contributed by atoms with Gasteiger partial charge in [-0.15, -0.1) is 0 Å². The quantitative estimate of drug-likeness (QED) is 0.362. The minimum Gasteiger partial charge on any atom is -0.483 e. The van der Waals surface area contributed by atoms with E-state index in [1.165, 1.54) is 6.08 Å². The summed E-state index contributed by atoms with van der Waals surface area (Å²) in [4.78, 5) is 23.7. The first-order valence-corrected chi connectivity index (χ1v) is 9.57. The molecular formula is C20H20BrN3O3S. The standard InChI is InChI=1S/C20H20BrN3O3S/c1-13-3-5-15(6-4-13)7-10-18(25)22-20(28)24-23-19(26)12-27-17-9-8-16(21)11-14(17)2/h3-11H,12H2,1-2H3,(H,23,26)(H2,22,24,25,28). The Morgan fingerprint density at radius 2 is 1.82 bits per heavy atom. The molecule has 6 nitrogen and oxygen atoms in total. The first kappa shape index (κ1) is 21.6. The van der Waals surface area contributed by atoms with Gasteiger partial charge in [-0.25, -0.2) is 0 Å². The summed E-state index contributed by atoms with van der Waals surface area (Å²) in [6, 6.07) is 13.2. The molecule has 2 rings (SSSR count). The molecule has 3 N–H and O–H groups in total. The van der Waals surface area contributed by atoms with Gasteiger partial charge >= 0.3 is 0 Å². The van der Waals surface area contributed by atoms with Crippen molar-refractivity contribution in [3.8, 4) is 5.75 Å². The number of amides is 2. The van der Waals surface area contributed by atoms with Crippen molar-refractivity contribution < 1.29 is 14.3 Å². The third-order valence-corrected chi connectivity index (χ3v) is 4.25. The predicted molar refractivity (Wildman–Crippen MR) is 117 cm³/mol. The molecule has 0 fully saturated rings. The van der Waals surface area contributed by atoms with Crippen molar-refractivity contribution in [2.75, 3.05) is 6.61 Å². The van der Waals surface area contributed by atoms with Crippen LogP contribution in [0.2, 0.25) is 0 Å². The molecule has 2 amide bonds. The van der Waals surface area contributed by atoms with E-state index >= 15 is 0 Å². The number of halogens is 1. The van der Waals surface area contributed by atoms with Crippen LogP contribution in [0.3, 0.4) is 0 Å². The van der Waals surface area contributed by atoms with Crippen LogP contribution in [-0.2, 0) is 9.59 Å². The highest BCUT2D eigenvalue weighted by Gasteiger charge is 2.07. The highest BCUT2D eigenvalue weighted by Crippen LogP contribution is 2.21. The lowest BCUT2D eigenvalue weighted by Crippen LogP contribution is -2.49. The smallest absolute Gasteiger partial charge is 0.276 e. The third kappa shape index (κ3) is 7.50. The van der Waals surface area contributed by atoms with Crippen molar-refractivity contribution in [1.82, 2.24) is 16.2 Å². The van der Waals surface area contributed by atoms with Crippen LogP contribution in [0.5, 0.6) is 5.75 Å². The van der Waals surface area contributed by atoms with Gasteiger partial charge in [0, 0.05) is 10.5 Å². The lowest BCUT2D eigenvalue weighted by molar-refractivity contribution is -0.123. The maximum atomic E-state index is 11.8. The lowest BCUT2D eigenvalue weighted by atomic mass is 10.1. The van der Waals surface area contributed by atoms with Gasteiger partial charge in [-0.3, -0.25) is 25.8 Å². The van der Waals surface area contributed by atoms with Crippen LogP contribution < -0.4 is 20.9 Å². The average molecular weight is 462 g/mol. The Kier molecular flexibility index (Phi) is 8.16. The fourth-order valence-corrected chi connectivity index (χ4v) is 2.74. The highest BCUT2D eigenvalue weighted by atomic mass is 79.9. The number of aryl methyl sites for hydroxylation is 2. The number of thiocarbonyl (C=S) groups is 1. The first-order chi connectivity index (χ1) is 13.3. The van der Waals surface area contributed by atoms with E-state index in [0.29, 0.717) is 5.75 Å². The molecule has 0 spiro atoms. The van der Waals surface area contributed by atoms with Crippen LogP contribution >= 0.6 is 28.1 Å². The Bertz CT molecular complexity index is 898. The van der Waals surface area contributed by atoms with Gasteiger partial charge in [0.25, 0.3) is 5.91 Å². The van der Waals surface area contributed by atoms with Crippen molar-refractivity contribution in [3.05, 3.63) is 69.7 Å². The number of hydrogen-bond acceptors (Lipinski definition) is 4. The number of nitrogens with one attached hydrogen (secondary N) is 3. The minimum atomic E-state index is -0.436. The number of hydrazine groups is 1. The van der Waals surface area contributed by atoms with E-state index in [0.717, 1.165) is 21.2 Å². The largest absolute Gasteiger partial charge is 0.483 e. The molecule has 0 bridgehead atoms. The third-order valence-electron chi connectivity index (χ3n) is 3.55. The minimum absolute atomic E-state index is 0.0215. The van der Waals surface area contributed by atoms with Crippen LogP contribution in [0, 0.1) is 13.8 Å². The molecule has 0 aliphatic heterocycles. The summed E-state index contributed by atoms with van der Waals surface area (Å²) in [5.41, 5.74) is 7.76. The highest BCUT2D eigenvalue weighted by molar-refractivity contribution is 9.10. The number of hydrogen-bond donors (Lipinski definition) is 3. The van der Waals surface area contributed by atoms with Crippen LogP contribution in [0.15, 0.2) is 53.0 Å². The Balaban J connectivity index is 1.71. The van der Waals surface area contributed by atoms with Crippen LogP contribution in [0.25, 0.3) is 6.08 Å². The molecule has 0 unspecified atom stereocenters. The normalized spacial score (nSPS) is 10.4. The van der Waals surface area contributed by atoms with Gasteiger partial charge in [0.05, 0.1) is 0 Å². The maximum Gasteiger partial charge on any atom is 0.276 e. The second-order valence-electron chi connectivity index (χ2n) is 5.93.